The molecular weight excluding hydrogens is 216 g/mol. The second kappa shape index (κ2) is 4.70. The van der Waals surface area contributed by atoms with Crippen LogP contribution < -0.4 is 4.74 Å². The average molecular weight is 228 g/mol. The van der Waals surface area contributed by atoms with E-state index >= 15 is 0 Å². The summed E-state index contributed by atoms with van der Waals surface area (Å²) in [5.74, 6) is 0.672. The molecule has 1 N–H and O–H groups in total. The van der Waals surface area contributed by atoms with Crippen molar-refractivity contribution in [1.29, 1.82) is 0 Å². The molecule has 0 heterocycles. The molecule has 17 heavy (non-hydrogen) atoms. The van der Waals surface area contributed by atoms with Crippen molar-refractivity contribution in [2.45, 2.75) is 0 Å². The third-order valence-electron chi connectivity index (χ3n) is 2.46. The monoisotopic (exact) mass is 228 g/mol. The maximum atomic E-state index is 12.0. The summed E-state index contributed by atoms with van der Waals surface area (Å²) < 4.78 is 5.02. The molecule has 0 aliphatic rings. The Morgan fingerprint density at radius 1 is 1.06 bits per heavy atom. The van der Waals surface area contributed by atoms with Gasteiger partial charge in [-0.3, -0.25) is 4.79 Å². The molecule has 2 aromatic carbocycles. The van der Waals surface area contributed by atoms with E-state index in [1.807, 2.05) is 0 Å². The number of hydrogen-bond donors (Lipinski definition) is 1. The normalized spacial score (nSPS) is 9.94. The number of hydrogen-bond acceptors (Lipinski definition) is 3. The van der Waals surface area contributed by atoms with Crippen molar-refractivity contribution in [3.05, 3.63) is 59.7 Å². The molecule has 3 heteroatoms. The fourth-order valence-electron chi connectivity index (χ4n) is 1.56. The molecule has 0 aliphatic carbocycles. The maximum absolute atomic E-state index is 12.0. The Morgan fingerprint density at radius 2 is 1.76 bits per heavy atom. The van der Waals surface area contributed by atoms with Crippen LogP contribution in [-0.4, -0.2) is 18.0 Å². The largest absolute Gasteiger partial charge is 0.508 e. The highest BCUT2D eigenvalue weighted by molar-refractivity contribution is 6.09. The van der Waals surface area contributed by atoms with Gasteiger partial charge in [0.25, 0.3) is 0 Å². The Balaban J connectivity index is 2.30. The van der Waals surface area contributed by atoms with Gasteiger partial charge in [0, 0.05) is 11.1 Å². The molecule has 0 spiro atoms. The number of aromatic hydroxyl groups is 1. The number of phenols is 1. The Kier molecular flexibility index (Phi) is 3.10. The summed E-state index contributed by atoms with van der Waals surface area (Å²) >= 11 is 0. The Labute approximate surface area is 99.3 Å². The minimum atomic E-state index is -0.122. The summed E-state index contributed by atoms with van der Waals surface area (Å²) in [4.78, 5) is 12.0. The first-order chi connectivity index (χ1) is 8.20. The number of rotatable bonds is 3. The maximum Gasteiger partial charge on any atom is 0.193 e. The van der Waals surface area contributed by atoms with E-state index in [1.54, 1.807) is 43.5 Å². The van der Waals surface area contributed by atoms with Gasteiger partial charge in [0.2, 0.25) is 0 Å². The zero-order chi connectivity index (χ0) is 12.3. The van der Waals surface area contributed by atoms with Gasteiger partial charge >= 0.3 is 0 Å². The van der Waals surface area contributed by atoms with Gasteiger partial charge in [-0.2, -0.15) is 0 Å². The third kappa shape index (κ3) is 2.45. The van der Waals surface area contributed by atoms with Crippen LogP contribution in [-0.2, 0) is 0 Å². The van der Waals surface area contributed by atoms with Crippen LogP contribution in [0.15, 0.2) is 48.5 Å². The topological polar surface area (TPSA) is 46.5 Å². The van der Waals surface area contributed by atoms with Crippen molar-refractivity contribution in [3.8, 4) is 11.5 Å². The smallest absolute Gasteiger partial charge is 0.193 e. The van der Waals surface area contributed by atoms with Crippen molar-refractivity contribution in [2.75, 3.05) is 7.11 Å². The van der Waals surface area contributed by atoms with Crippen LogP contribution in [0.25, 0.3) is 0 Å². The number of phenolic OH excluding ortho intramolecular Hbond substituents is 1. The van der Waals surface area contributed by atoms with Crippen LogP contribution in [0.1, 0.15) is 15.9 Å². The SMILES string of the molecule is COc1ccc(C(=O)c2cccc(O)c2)cc1. The molecule has 0 fully saturated rings. The Hall–Kier alpha value is -2.29. The Morgan fingerprint density at radius 3 is 2.35 bits per heavy atom. The van der Waals surface area contributed by atoms with Crippen molar-refractivity contribution in [3.63, 3.8) is 0 Å². The van der Waals surface area contributed by atoms with E-state index in [0.29, 0.717) is 16.9 Å². The molecule has 0 aliphatic heterocycles. The molecule has 0 saturated carbocycles. The summed E-state index contributed by atoms with van der Waals surface area (Å²) in [6, 6.07) is 13.2. The minimum Gasteiger partial charge on any atom is -0.508 e. The van der Waals surface area contributed by atoms with Crippen LogP contribution in [0.2, 0.25) is 0 Å². The quantitative estimate of drug-likeness (QED) is 0.821. The molecule has 0 bridgehead atoms. The molecule has 0 radical (unpaired) electrons. The molecular formula is C14H12O3. The molecule has 0 unspecified atom stereocenters. The fourth-order valence-corrected chi connectivity index (χ4v) is 1.56. The second-order valence-electron chi connectivity index (χ2n) is 3.61. The van der Waals surface area contributed by atoms with E-state index in [1.165, 1.54) is 12.1 Å². The van der Waals surface area contributed by atoms with Gasteiger partial charge in [0.05, 0.1) is 7.11 Å². The van der Waals surface area contributed by atoms with E-state index in [0.717, 1.165) is 0 Å². The molecule has 2 aromatic rings. The number of benzene rings is 2. The van der Waals surface area contributed by atoms with Gasteiger partial charge in [-0.15, -0.1) is 0 Å². The first-order valence-electron chi connectivity index (χ1n) is 5.18. The highest BCUT2D eigenvalue weighted by atomic mass is 16.5. The van der Waals surface area contributed by atoms with Crippen molar-refractivity contribution < 1.29 is 14.6 Å². The predicted octanol–water partition coefficient (Wildman–Crippen LogP) is 2.63. The van der Waals surface area contributed by atoms with E-state index in [9.17, 15) is 9.90 Å². The van der Waals surface area contributed by atoms with Gasteiger partial charge in [0.15, 0.2) is 5.78 Å². The van der Waals surface area contributed by atoms with Crippen molar-refractivity contribution in [1.82, 2.24) is 0 Å². The summed E-state index contributed by atoms with van der Waals surface area (Å²) in [5, 5.41) is 9.32. The zero-order valence-corrected chi connectivity index (χ0v) is 9.38. The van der Waals surface area contributed by atoms with Gasteiger partial charge in [-0.1, -0.05) is 12.1 Å². The standard InChI is InChI=1S/C14H12O3/c1-17-13-7-5-10(6-8-13)14(16)11-3-2-4-12(15)9-11/h2-9,15H,1H3. The lowest BCUT2D eigenvalue weighted by Gasteiger charge is -2.03. The number of ketones is 1. The molecule has 2 rings (SSSR count). The average Bonchev–Trinajstić information content (AvgIpc) is 2.38. The van der Waals surface area contributed by atoms with Crippen LogP contribution in [0.4, 0.5) is 0 Å². The first-order valence-corrected chi connectivity index (χ1v) is 5.18. The fraction of sp³-hybridized carbons (Fsp3) is 0.0714. The summed E-state index contributed by atoms with van der Waals surface area (Å²) in [6.07, 6.45) is 0. The molecule has 86 valence electrons. The van der Waals surface area contributed by atoms with E-state index in [4.69, 9.17) is 4.74 Å². The van der Waals surface area contributed by atoms with Crippen molar-refractivity contribution >= 4 is 5.78 Å². The van der Waals surface area contributed by atoms with Gasteiger partial charge in [-0.25, -0.2) is 0 Å². The van der Waals surface area contributed by atoms with E-state index in [-0.39, 0.29) is 11.5 Å². The highest BCUT2D eigenvalue weighted by Crippen LogP contribution is 2.17. The summed E-state index contributed by atoms with van der Waals surface area (Å²) in [5.41, 5.74) is 1.03. The lowest BCUT2D eigenvalue weighted by atomic mass is 10.0. The third-order valence-corrected chi connectivity index (χ3v) is 2.46. The van der Waals surface area contributed by atoms with Gasteiger partial charge in [-0.05, 0) is 36.4 Å². The minimum absolute atomic E-state index is 0.0874. The van der Waals surface area contributed by atoms with Crippen LogP contribution in [0, 0.1) is 0 Å². The molecule has 0 amide bonds. The lowest BCUT2D eigenvalue weighted by molar-refractivity contribution is 0.103. The summed E-state index contributed by atoms with van der Waals surface area (Å²) in [7, 11) is 1.58. The predicted molar refractivity (Wildman–Crippen MR) is 64.5 cm³/mol. The number of carbonyl (C=O) groups is 1. The molecule has 3 nitrogen and oxygen atoms in total. The zero-order valence-electron chi connectivity index (χ0n) is 9.38. The van der Waals surface area contributed by atoms with E-state index < -0.39 is 0 Å². The van der Waals surface area contributed by atoms with E-state index in [2.05, 4.69) is 0 Å². The summed E-state index contributed by atoms with van der Waals surface area (Å²) in [6.45, 7) is 0. The molecule has 0 saturated heterocycles. The second-order valence-corrected chi connectivity index (χ2v) is 3.61. The van der Waals surface area contributed by atoms with Crippen LogP contribution >= 0.6 is 0 Å². The number of ether oxygens (including phenoxy) is 1. The lowest BCUT2D eigenvalue weighted by Crippen LogP contribution is -2.00. The number of methoxy groups -OCH3 is 1. The van der Waals surface area contributed by atoms with Crippen LogP contribution in [0.3, 0.4) is 0 Å². The first kappa shape index (κ1) is 11.2. The molecule has 0 atom stereocenters. The van der Waals surface area contributed by atoms with Crippen LogP contribution in [0.5, 0.6) is 11.5 Å². The number of carbonyl (C=O) groups excluding carboxylic acids is 1. The van der Waals surface area contributed by atoms with Gasteiger partial charge < -0.3 is 9.84 Å². The molecule has 0 aromatic heterocycles. The van der Waals surface area contributed by atoms with Crippen molar-refractivity contribution in [2.24, 2.45) is 0 Å². The Bertz CT molecular complexity index is 529. The highest BCUT2D eigenvalue weighted by Gasteiger charge is 2.09. The van der Waals surface area contributed by atoms with Gasteiger partial charge in [0.1, 0.15) is 11.5 Å².